The van der Waals surface area contributed by atoms with Crippen LogP contribution in [0.1, 0.15) is 35.4 Å². The van der Waals surface area contributed by atoms with E-state index in [9.17, 15) is 5.26 Å². The summed E-state index contributed by atoms with van der Waals surface area (Å²) in [4.78, 5) is 4.38. The number of aromatic nitrogens is 1. The van der Waals surface area contributed by atoms with Crippen molar-refractivity contribution in [3.8, 4) is 17.6 Å². The second-order valence-corrected chi connectivity index (χ2v) is 6.65. The van der Waals surface area contributed by atoms with Gasteiger partial charge in [-0.1, -0.05) is 30.3 Å². The Hall–Kier alpha value is -3.46. The van der Waals surface area contributed by atoms with Gasteiger partial charge in [0.05, 0.1) is 13.7 Å². The molecule has 28 heavy (non-hydrogen) atoms. The van der Waals surface area contributed by atoms with Crippen molar-refractivity contribution in [2.24, 2.45) is 0 Å². The molecule has 0 amide bonds. The predicted octanol–water partition coefficient (Wildman–Crippen LogP) is 4.32. The maximum Gasteiger partial charge on any atom is 0.232 e. The lowest BCUT2D eigenvalue weighted by Crippen LogP contribution is -2.11. The Kier molecular flexibility index (Phi) is 5.16. The molecule has 3 aromatic rings. The van der Waals surface area contributed by atoms with Crippen molar-refractivity contribution in [1.82, 2.24) is 4.98 Å². The summed E-state index contributed by atoms with van der Waals surface area (Å²) in [5, 5.41) is 12.5. The Morgan fingerprint density at radius 2 is 1.89 bits per heavy atom. The van der Waals surface area contributed by atoms with Crippen molar-refractivity contribution >= 4 is 5.88 Å². The molecule has 1 aliphatic carbocycles. The molecule has 2 atom stereocenters. The summed E-state index contributed by atoms with van der Waals surface area (Å²) in [6, 6.07) is 19.8. The number of hydrogen-bond donors (Lipinski definition) is 1. The number of nitriles is 1. The topological polar surface area (TPSA) is 80.3 Å². The van der Waals surface area contributed by atoms with E-state index in [-0.39, 0.29) is 11.6 Å². The van der Waals surface area contributed by atoms with Gasteiger partial charge in [-0.3, -0.25) is 0 Å². The van der Waals surface area contributed by atoms with Crippen LogP contribution in [0, 0.1) is 11.3 Å². The highest BCUT2D eigenvalue weighted by Gasteiger charge is 2.43. The van der Waals surface area contributed by atoms with Crippen LogP contribution in [0.5, 0.6) is 11.5 Å². The van der Waals surface area contributed by atoms with Gasteiger partial charge in [0.2, 0.25) is 17.5 Å². The molecule has 6 nitrogen and oxygen atoms in total. The Bertz CT molecular complexity index is 961. The molecule has 2 unspecified atom stereocenters. The second-order valence-electron chi connectivity index (χ2n) is 6.65. The maximum atomic E-state index is 9.35. The summed E-state index contributed by atoms with van der Waals surface area (Å²) in [5.74, 6) is 3.25. The highest BCUT2D eigenvalue weighted by Crippen LogP contribution is 2.54. The van der Waals surface area contributed by atoms with Crippen molar-refractivity contribution < 1.29 is 13.9 Å². The van der Waals surface area contributed by atoms with Crippen LogP contribution in [0.25, 0.3) is 0 Å². The smallest absolute Gasteiger partial charge is 0.232 e. The third kappa shape index (κ3) is 3.94. The second kappa shape index (κ2) is 8.05. The van der Waals surface area contributed by atoms with Gasteiger partial charge in [-0.15, -0.1) is 0 Å². The van der Waals surface area contributed by atoms with E-state index in [1.54, 1.807) is 7.11 Å². The van der Waals surface area contributed by atoms with Gasteiger partial charge in [0.1, 0.15) is 24.2 Å². The standard InChI is InChI=1S/C22H21N3O3/c1-26-16-9-7-15(8-10-16)18-13-19(18)21-25-20(14-23)22(28-21)24-11-12-27-17-5-3-2-4-6-17/h2-10,18-19,24H,11-13H2,1H3. The van der Waals surface area contributed by atoms with E-state index in [4.69, 9.17) is 13.9 Å². The highest BCUT2D eigenvalue weighted by atomic mass is 16.5. The third-order valence-corrected chi connectivity index (χ3v) is 4.80. The Morgan fingerprint density at radius 3 is 2.61 bits per heavy atom. The maximum absolute atomic E-state index is 9.35. The molecule has 6 heteroatoms. The van der Waals surface area contributed by atoms with Gasteiger partial charge in [-0.2, -0.15) is 5.26 Å². The molecule has 1 saturated carbocycles. The number of nitrogens with one attached hydrogen (secondary N) is 1. The SMILES string of the molecule is COc1ccc(C2CC2c2nc(C#N)c(NCCOc3ccccc3)o2)cc1. The first-order valence-electron chi connectivity index (χ1n) is 9.25. The predicted molar refractivity (Wildman–Crippen MR) is 105 cm³/mol. The molecule has 4 rings (SSSR count). The Morgan fingerprint density at radius 1 is 1.11 bits per heavy atom. The fraction of sp³-hybridized carbons (Fsp3) is 0.273. The Balaban J connectivity index is 1.35. The lowest BCUT2D eigenvalue weighted by atomic mass is 10.1. The number of oxazole rings is 1. The molecular weight excluding hydrogens is 354 g/mol. The fourth-order valence-electron chi connectivity index (χ4n) is 3.23. The average molecular weight is 375 g/mol. The average Bonchev–Trinajstić information content (AvgIpc) is 3.45. The number of methoxy groups -OCH3 is 1. The zero-order chi connectivity index (χ0) is 19.3. The molecule has 0 saturated heterocycles. The van der Waals surface area contributed by atoms with E-state index in [0.717, 1.165) is 17.9 Å². The van der Waals surface area contributed by atoms with Gasteiger partial charge in [-0.05, 0) is 42.2 Å². The van der Waals surface area contributed by atoms with Crippen molar-refractivity contribution in [2.45, 2.75) is 18.3 Å². The summed E-state index contributed by atoms with van der Waals surface area (Å²) in [7, 11) is 1.66. The van der Waals surface area contributed by atoms with Crippen LogP contribution in [-0.4, -0.2) is 25.2 Å². The van der Waals surface area contributed by atoms with Crippen LogP contribution >= 0.6 is 0 Å². The highest BCUT2D eigenvalue weighted by molar-refractivity contribution is 5.46. The quantitative estimate of drug-likeness (QED) is 0.591. The molecule has 0 aliphatic heterocycles. The third-order valence-electron chi connectivity index (χ3n) is 4.80. The van der Waals surface area contributed by atoms with E-state index in [1.165, 1.54) is 5.56 Å². The summed E-state index contributed by atoms with van der Waals surface area (Å²) in [6.07, 6.45) is 0.967. The number of rotatable bonds is 8. The van der Waals surface area contributed by atoms with Crippen LogP contribution in [0.2, 0.25) is 0 Å². The Labute approximate surface area is 163 Å². The van der Waals surface area contributed by atoms with Gasteiger partial charge in [0, 0.05) is 5.92 Å². The van der Waals surface area contributed by atoms with Gasteiger partial charge in [-0.25, -0.2) is 4.98 Å². The van der Waals surface area contributed by atoms with Crippen molar-refractivity contribution in [2.75, 3.05) is 25.6 Å². The first-order valence-corrected chi connectivity index (χ1v) is 9.25. The number of nitrogens with zero attached hydrogens (tertiary/aromatic N) is 2. The summed E-state index contributed by atoms with van der Waals surface area (Å²) in [5.41, 5.74) is 1.52. The van der Waals surface area contributed by atoms with E-state index in [0.29, 0.717) is 30.8 Å². The number of benzene rings is 2. The lowest BCUT2D eigenvalue weighted by molar-refractivity contribution is 0.331. The normalized spacial score (nSPS) is 17.6. The van der Waals surface area contributed by atoms with Gasteiger partial charge in [0.25, 0.3) is 0 Å². The summed E-state index contributed by atoms with van der Waals surface area (Å²) >= 11 is 0. The molecule has 0 radical (unpaired) electrons. The zero-order valence-electron chi connectivity index (χ0n) is 15.6. The van der Waals surface area contributed by atoms with Gasteiger partial charge < -0.3 is 19.2 Å². The van der Waals surface area contributed by atoms with Crippen LogP contribution in [0.15, 0.2) is 59.0 Å². The minimum Gasteiger partial charge on any atom is -0.497 e. The number of anilines is 1. The molecule has 1 N–H and O–H groups in total. The fourth-order valence-corrected chi connectivity index (χ4v) is 3.23. The van der Waals surface area contributed by atoms with Crippen LogP contribution in [0.4, 0.5) is 5.88 Å². The van der Waals surface area contributed by atoms with Crippen LogP contribution < -0.4 is 14.8 Å². The van der Waals surface area contributed by atoms with Gasteiger partial charge in [0.15, 0.2) is 0 Å². The number of hydrogen-bond acceptors (Lipinski definition) is 6. The molecular formula is C22H21N3O3. The molecule has 1 heterocycles. The molecule has 1 aliphatic rings. The summed E-state index contributed by atoms with van der Waals surface area (Å²) < 4.78 is 16.7. The molecule has 1 aromatic heterocycles. The first kappa shape index (κ1) is 17.9. The lowest BCUT2D eigenvalue weighted by Gasteiger charge is -2.06. The first-order chi connectivity index (χ1) is 13.8. The van der Waals surface area contributed by atoms with E-state index >= 15 is 0 Å². The number of ether oxygens (including phenoxy) is 2. The van der Waals surface area contributed by atoms with Crippen molar-refractivity contribution in [3.05, 3.63) is 71.7 Å². The zero-order valence-corrected chi connectivity index (χ0v) is 15.6. The molecule has 142 valence electrons. The largest absolute Gasteiger partial charge is 0.497 e. The van der Waals surface area contributed by atoms with E-state index in [1.807, 2.05) is 42.5 Å². The minimum atomic E-state index is 0.205. The molecule has 0 bridgehead atoms. The minimum absolute atomic E-state index is 0.205. The number of para-hydroxylation sites is 1. The van der Waals surface area contributed by atoms with Crippen molar-refractivity contribution in [1.29, 1.82) is 5.26 Å². The van der Waals surface area contributed by atoms with E-state index in [2.05, 4.69) is 28.5 Å². The van der Waals surface area contributed by atoms with Gasteiger partial charge >= 0.3 is 0 Å². The van der Waals surface area contributed by atoms with Crippen LogP contribution in [0.3, 0.4) is 0 Å². The molecule has 2 aromatic carbocycles. The monoisotopic (exact) mass is 375 g/mol. The van der Waals surface area contributed by atoms with E-state index < -0.39 is 0 Å². The molecule has 1 fully saturated rings. The molecule has 0 spiro atoms. The summed E-state index contributed by atoms with van der Waals surface area (Å²) in [6.45, 7) is 0.980. The van der Waals surface area contributed by atoms with Crippen molar-refractivity contribution in [3.63, 3.8) is 0 Å². The van der Waals surface area contributed by atoms with Crippen LogP contribution in [-0.2, 0) is 0 Å².